The van der Waals surface area contributed by atoms with E-state index in [2.05, 4.69) is 269 Å². The summed E-state index contributed by atoms with van der Waals surface area (Å²) >= 11 is 0. The second kappa shape index (κ2) is 49.7. The van der Waals surface area contributed by atoms with Crippen LogP contribution in [0.2, 0.25) is 0 Å². The number of hydrogen-bond acceptors (Lipinski definition) is 8. The van der Waals surface area contributed by atoms with E-state index in [1.54, 1.807) is 0 Å². The van der Waals surface area contributed by atoms with Gasteiger partial charge >= 0.3 is 39.0 Å². The van der Waals surface area contributed by atoms with Crippen molar-refractivity contribution >= 4 is 97.3 Å². The molecule has 8 aromatic rings. The SMILES string of the molecule is CC(=O)/C=C(/C)[O-].CC(=O)/C=C(/C)[O-].CC(=O)/C=C(/C)[O-].CC(=O)/C=C(/C)[O-].C[PH+](c1ccccc1)c1ccccc1.C[PH+](c1ccccc1)c1ccccc1.C[PH+](c1ccccc1)c1ccccc1.C[PH+](c1ccccc1)c1ccccc1.[Ru+2].[Ru+2]. The summed E-state index contributed by atoms with van der Waals surface area (Å²) in [7, 11) is -2.18. The molecule has 0 aliphatic heterocycles. The van der Waals surface area contributed by atoms with Gasteiger partial charge in [0.1, 0.15) is 0 Å². The maximum Gasteiger partial charge on any atom is 2.00 e. The minimum Gasteiger partial charge on any atom is -0.876 e. The first-order valence-electron chi connectivity index (χ1n) is 27.2. The molecule has 0 aliphatic rings. The molecule has 0 spiro atoms. The molecule has 452 valence electrons. The number of rotatable bonds is 12. The third kappa shape index (κ3) is 40.8. The fourth-order valence-electron chi connectivity index (χ4n) is 7.32. The Morgan fingerprint density at radius 3 is 0.384 bits per heavy atom. The Bertz CT molecular complexity index is 2580. The first-order valence-corrected chi connectivity index (χ1v) is 35.2. The topological polar surface area (TPSA) is 161 Å². The van der Waals surface area contributed by atoms with Gasteiger partial charge in [0.2, 0.25) is 0 Å². The van der Waals surface area contributed by atoms with Crippen LogP contribution >= 0.6 is 31.7 Å². The zero-order valence-corrected chi connectivity index (χ0v) is 58.9. The normalized spacial score (nSPS) is 10.5. The van der Waals surface area contributed by atoms with Gasteiger partial charge in [-0.1, -0.05) is 173 Å². The quantitative estimate of drug-likeness (QED) is 0.0507. The molecule has 0 aliphatic carbocycles. The van der Waals surface area contributed by atoms with Crippen LogP contribution in [0.1, 0.15) is 55.4 Å². The Kier molecular flexibility index (Phi) is 47.1. The molecule has 0 unspecified atom stereocenters. The van der Waals surface area contributed by atoms with Crippen LogP contribution in [0.3, 0.4) is 0 Å². The molecule has 0 fully saturated rings. The molecule has 0 atom stereocenters. The van der Waals surface area contributed by atoms with E-state index in [4.69, 9.17) is 0 Å². The number of carbonyl (C=O) groups excluding carboxylic acids is 4. The molecule has 0 saturated heterocycles. The summed E-state index contributed by atoms with van der Waals surface area (Å²) in [5, 5.41) is 51.7. The smallest absolute Gasteiger partial charge is 0.876 e. The number of allylic oxidation sites excluding steroid dienone is 8. The van der Waals surface area contributed by atoms with Crippen LogP contribution in [0, 0.1) is 0 Å². The average molecular weight is 1400 g/mol. The van der Waals surface area contributed by atoms with Gasteiger partial charge in [-0.15, -0.1) is 23.0 Å². The van der Waals surface area contributed by atoms with Gasteiger partial charge in [-0.3, -0.25) is 19.2 Å². The Morgan fingerprint density at radius 2 is 0.326 bits per heavy atom. The second-order valence-electron chi connectivity index (χ2n) is 18.9. The van der Waals surface area contributed by atoms with E-state index in [-0.39, 0.29) is 85.1 Å². The van der Waals surface area contributed by atoms with E-state index in [0.29, 0.717) is 0 Å². The summed E-state index contributed by atoms with van der Waals surface area (Å²) in [5.74, 6) is -1.50. The van der Waals surface area contributed by atoms with Crippen LogP contribution in [-0.2, 0) is 58.1 Å². The van der Waals surface area contributed by atoms with Crippen LogP contribution < -0.4 is 62.9 Å². The van der Waals surface area contributed by atoms with E-state index in [1.165, 1.54) is 97.8 Å². The summed E-state index contributed by atoms with van der Waals surface area (Å²) < 4.78 is 0. The first-order chi connectivity index (χ1) is 40.0. The monoisotopic (exact) mass is 1400 g/mol. The van der Waals surface area contributed by atoms with E-state index < -0.39 is 31.7 Å². The molecule has 0 aromatic heterocycles. The zero-order chi connectivity index (χ0) is 62.7. The molecular formula is C72H84O8P4Ru2+4. The van der Waals surface area contributed by atoms with Crippen molar-refractivity contribution in [1.29, 1.82) is 0 Å². The maximum absolute atomic E-state index is 9.98. The van der Waals surface area contributed by atoms with Crippen molar-refractivity contribution in [2.45, 2.75) is 55.4 Å². The predicted octanol–water partition coefficient (Wildman–Crippen LogP) is 9.28. The largest absolute Gasteiger partial charge is 2.00 e. The summed E-state index contributed by atoms with van der Waals surface area (Å²) in [5.41, 5.74) is 0. The number of hydrogen-bond donors (Lipinski definition) is 0. The molecular weight excluding hydrogens is 1320 g/mol. The average Bonchev–Trinajstić information content (AvgIpc) is 3.69. The van der Waals surface area contributed by atoms with Crippen molar-refractivity contribution in [2.75, 3.05) is 26.7 Å². The van der Waals surface area contributed by atoms with Crippen molar-refractivity contribution in [2.24, 2.45) is 0 Å². The Labute approximate surface area is 543 Å². The predicted molar refractivity (Wildman–Crippen MR) is 363 cm³/mol. The molecule has 0 radical (unpaired) electrons. The molecule has 0 amide bonds. The van der Waals surface area contributed by atoms with Gasteiger partial charge in [-0.05, 0) is 149 Å². The number of ketones is 4. The van der Waals surface area contributed by atoms with Crippen LogP contribution in [0.15, 0.2) is 290 Å². The molecule has 8 nitrogen and oxygen atoms in total. The van der Waals surface area contributed by atoms with E-state index in [0.717, 1.165) is 24.3 Å². The van der Waals surface area contributed by atoms with E-state index in [1.807, 2.05) is 0 Å². The van der Waals surface area contributed by atoms with Crippen molar-refractivity contribution in [3.05, 3.63) is 290 Å². The molecule has 8 aromatic carbocycles. The summed E-state index contributed by atoms with van der Waals surface area (Å²) in [4.78, 5) is 39.9. The molecule has 8 rings (SSSR count). The second-order valence-corrected chi connectivity index (χ2v) is 28.5. The fraction of sp³-hybridized carbons (Fsp3) is 0.167. The molecule has 14 heteroatoms. The van der Waals surface area contributed by atoms with Crippen molar-refractivity contribution in [3.8, 4) is 0 Å². The molecule has 0 bridgehead atoms. The van der Waals surface area contributed by atoms with Gasteiger partial charge in [-0.25, -0.2) is 0 Å². The van der Waals surface area contributed by atoms with Gasteiger partial charge in [0.25, 0.3) is 0 Å². The van der Waals surface area contributed by atoms with Crippen molar-refractivity contribution in [1.82, 2.24) is 0 Å². The standard InChI is InChI=1S/4C13H13P.4C5H8O2.2Ru/c4*1-14(12-8-4-2-5-9-12)13-10-6-3-7-11-13;4*1-4(6)3-5(2)7;;/h4*2-11H,1H3;4*3,6H,1-2H3;;/q;;;;;;;;2*+2/b;;;;4*4-3-;;. The van der Waals surface area contributed by atoms with Crippen LogP contribution in [0.5, 0.6) is 0 Å². The Balaban J connectivity index is 0. The van der Waals surface area contributed by atoms with Crippen LogP contribution in [-0.4, -0.2) is 49.8 Å². The summed E-state index contributed by atoms with van der Waals surface area (Å²) in [6, 6.07) is 86.0. The number of benzene rings is 8. The fourth-order valence-corrected chi connectivity index (χ4v) is 14.2. The van der Waals surface area contributed by atoms with Gasteiger partial charge in [-0.2, -0.15) is 0 Å². The first kappa shape index (κ1) is 81.6. The Hall–Kier alpha value is -6.43. The minimum absolute atomic E-state index is 0. The molecule has 0 heterocycles. The van der Waals surface area contributed by atoms with E-state index >= 15 is 0 Å². The third-order valence-electron chi connectivity index (χ3n) is 11.3. The van der Waals surface area contributed by atoms with Gasteiger partial charge in [0.05, 0.1) is 101 Å². The van der Waals surface area contributed by atoms with Crippen molar-refractivity contribution < 1.29 is 78.6 Å². The van der Waals surface area contributed by atoms with Crippen LogP contribution in [0.25, 0.3) is 0 Å². The molecule has 86 heavy (non-hydrogen) atoms. The molecule has 0 saturated carbocycles. The minimum atomic E-state index is -0.545. The van der Waals surface area contributed by atoms with Gasteiger partial charge < -0.3 is 20.4 Å². The molecule has 0 N–H and O–H groups in total. The number of carbonyl (C=O) groups is 4. The maximum atomic E-state index is 9.98. The summed E-state index contributed by atoms with van der Waals surface area (Å²) in [6.45, 7) is 20.2. The summed E-state index contributed by atoms with van der Waals surface area (Å²) in [6.07, 6.45) is 4.22. The Morgan fingerprint density at radius 1 is 0.233 bits per heavy atom. The van der Waals surface area contributed by atoms with E-state index in [9.17, 15) is 39.6 Å². The van der Waals surface area contributed by atoms with Crippen molar-refractivity contribution in [3.63, 3.8) is 0 Å². The van der Waals surface area contributed by atoms with Gasteiger partial charge in [0.15, 0.2) is 23.1 Å². The third-order valence-corrected chi connectivity index (χ3v) is 20.9. The zero-order valence-electron chi connectivity index (χ0n) is 51.4. The van der Waals surface area contributed by atoms with Crippen LogP contribution in [0.4, 0.5) is 0 Å². The van der Waals surface area contributed by atoms with Gasteiger partial charge in [0, 0.05) is 0 Å².